The van der Waals surface area contributed by atoms with Gasteiger partial charge >= 0.3 is 0 Å². The minimum Gasteiger partial charge on any atom is -0.300 e. The average Bonchev–Trinajstić information content (AvgIpc) is 2.28. The number of carbonyl (C=O) groups excluding carboxylic acids is 1. The van der Waals surface area contributed by atoms with Gasteiger partial charge in [0, 0.05) is 18.0 Å². The van der Waals surface area contributed by atoms with Crippen LogP contribution in [-0.2, 0) is 0 Å². The lowest BCUT2D eigenvalue weighted by molar-refractivity contribution is 0.0794. The van der Waals surface area contributed by atoms with Crippen LogP contribution in [0.2, 0.25) is 0 Å². The summed E-state index contributed by atoms with van der Waals surface area (Å²) in [7, 11) is 1.60. The van der Waals surface area contributed by atoms with E-state index in [2.05, 4.69) is 0 Å². The van der Waals surface area contributed by atoms with Crippen molar-refractivity contribution in [2.24, 2.45) is 5.92 Å². The molecular formula is C13H17F2NO. The minimum absolute atomic E-state index is 0.00767. The van der Waals surface area contributed by atoms with E-state index in [1.807, 2.05) is 6.07 Å². The van der Waals surface area contributed by atoms with Gasteiger partial charge in [-0.1, -0.05) is 37.3 Å². The van der Waals surface area contributed by atoms with E-state index >= 15 is 0 Å². The van der Waals surface area contributed by atoms with E-state index in [1.54, 1.807) is 38.2 Å². The lowest BCUT2D eigenvalue weighted by Crippen LogP contribution is -2.32. The summed E-state index contributed by atoms with van der Waals surface area (Å²) in [5.41, 5.74) is 0.630. The molecule has 0 spiro atoms. The first-order chi connectivity index (χ1) is 8.00. The number of benzene rings is 1. The average molecular weight is 241 g/mol. The second kappa shape index (κ2) is 6.45. The summed E-state index contributed by atoms with van der Waals surface area (Å²) in [4.78, 5) is 13.4. The molecule has 1 aromatic carbocycles. The molecule has 0 radical (unpaired) electrons. The van der Waals surface area contributed by atoms with Gasteiger partial charge < -0.3 is 4.90 Å². The van der Waals surface area contributed by atoms with Crippen molar-refractivity contribution in [1.82, 2.24) is 4.90 Å². The van der Waals surface area contributed by atoms with Gasteiger partial charge in [0.1, 0.15) is 0 Å². The number of nitrogens with zero attached hydrogens (tertiary/aromatic N) is 1. The summed E-state index contributed by atoms with van der Waals surface area (Å²) in [6.07, 6.45) is -2.36. The number of hydrogen-bond donors (Lipinski definition) is 0. The summed E-state index contributed by atoms with van der Waals surface area (Å²) in [6.45, 7) is 1.81. The van der Waals surface area contributed by atoms with Gasteiger partial charge in [-0.25, -0.2) is 8.78 Å². The quantitative estimate of drug-likeness (QED) is 0.714. The van der Waals surface area contributed by atoms with Crippen LogP contribution in [0.4, 0.5) is 8.78 Å². The van der Waals surface area contributed by atoms with Crippen LogP contribution in [0.3, 0.4) is 0 Å². The van der Waals surface area contributed by atoms with E-state index in [1.165, 1.54) is 4.90 Å². The predicted octanol–water partition coefficient (Wildman–Crippen LogP) is 2.70. The molecule has 0 aliphatic heterocycles. The number of hydrogen-bond acceptors (Lipinski definition) is 2. The van der Waals surface area contributed by atoms with Crippen molar-refractivity contribution in [3.8, 4) is 0 Å². The standard InChI is InChI=1S/C13H17F2NO/c1-10(8-16(2)9-12(14)15)13(17)11-6-4-3-5-7-11/h3-7,10,12H,8-9H2,1-2H3. The van der Waals surface area contributed by atoms with Crippen molar-refractivity contribution in [2.45, 2.75) is 13.3 Å². The minimum atomic E-state index is -2.36. The van der Waals surface area contributed by atoms with Gasteiger partial charge in [-0.05, 0) is 7.05 Å². The first-order valence-electron chi connectivity index (χ1n) is 5.56. The highest BCUT2D eigenvalue weighted by molar-refractivity contribution is 5.97. The van der Waals surface area contributed by atoms with Gasteiger partial charge in [-0.15, -0.1) is 0 Å². The maximum absolute atomic E-state index is 12.1. The highest BCUT2D eigenvalue weighted by Crippen LogP contribution is 2.10. The zero-order valence-corrected chi connectivity index (χ0v) is 10.1. The fourth-order valence-corrected chi connectivity index (χ4v) is 1.75. The molecule has 0 bridgehead atoms. The summed E-state index contributed by atoms with van der Waals surface area (Å²) in [5.74, 6) is -0.284. The SMILES string of the molecule is CC(CN(C)CC(F)F)C(=O)c1ccccc1. The van der Waals surface area contributed by atoms with E-state index < -0.39 is 6.43 Å². The Balaban J connectivity index is 2.53. The van der Waals surface area contributed by atoms with E-state index in [-0.39, 0.29) is 18.2 Å². The smallest absolute Gasteiger partial charge is 0.251 e. The Morgan fingerprint density at radius 3 is 2.35 bits per heavy atom. The Morgan fingerprint density at radius 2 is 1.82 bits per heavy atom. The van der Waals surface area contributed by atoms with Crippen LogP contribution < -0.4 is 0 Å². The van der Waals surface area contributed by atoms with Gasteiger partial charge in [-0.2, -0.15) is 0 Å². The zero-order chi connectivity index (χ0) is 12.8. The number of carbonyl (C=O) groups is 1. The zero-order valence-electron chi connectivity index (χ0n) is 10.1. The molecule has 94 valence electrons. The number of rotatable bonds is 6. The topological polar surface area (TPSA) is 20.3 Å². The molecule has 17 heavy (non-hydrogen) atoms. The van der Waals surface area contributed by atoms with Crippen LogP contribution in [0.5, 0.6) is 0 Å². The van der Waals surface area contributed by atoms with Gasteiger partial charge in [-0.3, -0.25) is 4.79 Å². The third kappa shape index (κ3) is 4.61. The summed E-state index contributed by atoms with van der Waals surface area (Å²) in [5, 5.41) is 0. The molecule has 0 aromatic heterocycles. The monoisotopic (exact) mass is 241 g/mol. The van der Waals surface area contributed by atoms with E-state index in [0.717, 1.165) is 0 Å². The molecule has 0 heterocycles. The molecule has 0 aliphatic rings. The highest BCUT2D eigenvalue weighted by atomic mass is 19.3. The molecular weight excluding hydrogens is 224 g/mol. The molecule has 0 N–H and O–H groups in total. The fourth-order valence-electron chi connectivity index (χ4n) is 1.75. The van der Waals surface area contributed by atoms with Crippen molar-refractivity contribution < 1.29 is 13.6 Å². The Labute approximate surface area is 100 Å². The summed E-state index contributed by atoms with van der Waals surface area (Å²) < 4.78 is 24.3. The van der Waals surface area contributed by atoms with Gasteiger partial charge in [0.25, 0.3) is 6.43 Å². The lowest BCUT2D eigenvalue weighted by atomic mass is 9.99. The molecule has 2 nitrogen and oxygen atoms in total. The molecule has 1 unspecified atom stereocenters. The van der Waals surface area contributed by atoms with Gasteiger partial charge in [0.2, 0.25) is 0 Å². The van der Waals surface area contributed by atoms with Crippen LogP contribution in [0, 0.1) is 5.92 Å². The van der Waals surface area contributed by atoms with Crippen molar-refractivity contribution in [2.75, 3.05) is 20.1 Å². The largest absolute Gasteiger partial charge is 0.300 e. The van der Waals surface area contributed by atoms with E-state index in [9.17, 15) is 13.6 Å². The van der Waals surface area contributed by atoms with Crippen molar-refractivity contribution >= 4 is 5.78 Å². The molecule has 0 fully saturated rings. The van der Waals surface area contributed by atoms with Crippen LogP contribution in [-0.4, -0.2) is 37.2 Å². The van der Waals surface area contributed by atoms with Gasteiger partial charge in [0.05, 0.1) is 6.54 Å². The number of alkyl halides is 2. The third-order valence-electron chi connectivity index (χ3n) is 2.54. The van der Waals surface area contributed by atoms with Crippen LogP contribution in [0.15, 0.2) is 30.3 Å². The maximum atomic E-state index is 12.1. The molecule has 1 aromatic rings. The van der Waals surface area contributed by atoms with Crippen LogP contribution >= 0.6 is 0 Å². The third-order valence-corrected chi connectivity index (χ3v) is 2.54. The van der Waals surface area contributed by atoms with Crippen LogP contribution in [0.25, 0.3) is 0 Å². The number of Topliss-reactive ketones (excluding diaryl/α,β-unsaturated/α-hetero) is 1. The Bertz CT molecular complexity index is 354. The molecule has 0 amide bonds. The Morgan fingerprint density at radius 1 is 1.24 bits per heavy atom. The summed E-state index contributed by atoms with van der Waals surface area (Å²) in [6, 6.07) is 8.91. The van der Waals surface area contributed by atoms with Crippen molar-refractivity contribution in [3.63, 3.8) is 0 Å². The van der Waals surface area contributed by atoms with Crippen molar-refractivity contribution in [3.05, 3.63) is 35.9 Å². The molecule has 0 saturated heterocycles. The fraction of sp³-hybridized carbons (Fsp3) is 0.462. The second-order valence-corrected chi connectivity index (χ2v) is 4.24. The van der Waals surface area contributed by atoms with E-state index in [0.29, 0.717) is 12.1 Å². The number of halogens is 2. The molecule has 1 atom stereocenters. The van der Waals surface area contributed by atoms with Crippen LogP contribution in [0.1, 0.15) is 17.3 Å². The van der Waals surface area contributed by atoms with E-state index in [4.69, 9.17) is 0 Å². The molecule has 0 saturated carbocycles. The van der Waals surface area contributed by atoms with Gasteiger partial charge in [0.15, 0.2) is 5.78 Å². The predicted molar refractivity (Wildman–Crippen MR) is 63.4 cm³/mol. The first kappa shape index (κ1) is 13.8. The molecule has 0 aliphatic carbocycles. The maximum Gasteiger partial charge on any atom is 0.251 e. The second-order valence-electron chi connectivity index (χ2n) is 4.24. The Hall–Kier alpha value is -1.29. The molecule has 4 heteroatoms. The lowest BCUT2D eigenvalue weighted by Gasteiger charge is -2.20. The van der Waals surface area contributed by atoms with Crippen molar-refractivity contribution in [1.29, 1.82) is 0 Å². The Kier molecular flexibility index (Phi) is 5.22. The normalized spacial score (nSPS) is 13.1. The highest BCUT2D eigenvalue weighted by Gasteiger charge is 2.18. The summed E-state index contributed by atoms with van der Waals surface area (Å²) >= 11 is 0. The first-order valence-corrected chi connectivity index (χ1v) is 5.56. The number of ketones is 1. The molecule has 1 rings (SSSR count).